The van der Waals surface area contributed by atoms with Crippen molar-refractivity contribution in [2.75, 3.05) is 12.3 Å². The fourth-order valence-electron chi connectivity index (χ4n) is 2.42. The number of nitrogens with two attached hydrogens (primary N) is 1. The van der Waals surface area contributed by atoms with Gasteiger partial charge in [0.05, 0.1) is 29.6 Å². The minimum Gasteiger partial charge on any atom is -0.462 e. The summed E-state index contributed by atoms with van der Waals surface area (Å²) in [6, 6.07) is 3.05. The first-order valence-corrected chi connectivity index (χ1v) is 7.49. The number of carbonyl (C=O) groups is 2. The van der Waals surface area contributed by atoms with Crippen molar-refractivity contribution in [1.82, 2.24) is 15.0 Å². The van der Waals surface area contributed by atoms with Gasteiger partial charge in [0.1, 0.15) is 11.4 Å². The molecular weight excluding hydrogens is 332 g/mol. The fourth-order valence-corrected chi connectivity index (χ4v) is 2.63. The first kappa shape index (κ1) is 15.9. The Morgan fingerprint density at radius 3 is 2.79 bits per heavy atom. The van der Waals surface area contributed by atoms with Gasteiger partial charge in [0.15, 0.2) is 0 Å². The van der Waals surface area contributed by atoms with Gasteiger partial charge in [0.25, 0.3) is 0 Å². The number of fused-ring (bicyclic) bond motifs is 1. The van der Waals surface area contributed by atoms with E-state index in [1.807, 2.05) is 0 Å². The number of anilines is 1. The first-order valence-electron chi connectivity index (χ1n) is 7.11. The number of esters is 1. The number of nitrogen functional groups attached to an aromatic ring is 1. The third kappa shape index (κ3) is 2.69. The molecule has 1 aromatic carbocycles. The molecule has 2 aromatic heterocycles. The van der Waals surface area contributed by atoms with Crippen molar-refractivity contribution in [2.24, 2.45) is 0 Å². The summed E-state index contributed by atoms with van der Waals surface area (Å²) in [7, 11) is 0. The van der Waals surface area contributed by atoms with E-state index in [0.717, 1.165) is 0 Å². The summed E-state index contributed by atoms with van der Waals surface area (Å²) in [4.78, 5) is 35.5. The molecule has 0 amide bonds. The van der Waals surface area contributed by atoms with Gasteiger partial charge in [-0.25, -0.2) is 9.78 Å². The van der Waals surface area contributed by atoms with E-state index in [0.29, 0.717) is 15.9 Å². The lowest BCUT2D eigenvalue weighted by Crippen LogP contribution is -2.08. The maximum Gasteiger partial charge on any atom is 0.338 e. The van der Waals surface area contributed by atoms with Gasteiger partial charge in [-0.15, -0.1) is 0 Å². The molecule has 0 saturated heterocycles. The largest absolute Gasteiger partial charge is 0.462 e. The van der Waals surface area contributed by atoms with Gasteiger partial charge < -0.3 is 15.5 Å². The number of ether oxygens (including phenoxy) is 1. The average molecular weight is 345 g/mol. The molecule has 0 aliphatic heterocycles. The summed E-state index contributed by atoms with van der Waals surface area (Å²) in [5.41, 5.74) is 7.18. The van der Waals surface area contributed by atoms with Crippen molar-refractivity contribution in [3.63, 3.8) is 0 Å². The van der Waals surface area contributed by atoms with E-state index in [1.165, 1.54) is 24.7 Å². The number of benzene rings is 1. The van der Waals surface area contributed by atoms with Crippen LogP contribution in [0, 0.1) is 0 Å². The van der Waals surface area contributed by atoms with Crippen LogP contribution in [-0.2, 0) is 4.74 Å². The number of nitrogens with one attached hydrogen (secondary N) is 1. The van der Waals surface area contributed by atoms with Crippen molar-refractivity contribution in [3.05, 3.63) is 52.7 Å². The molecule has 3 N–H and O–H groups in total. The quantitative estimate of drug-likeness (QED) is 0.556. The van der Waals surface area contributed by atoms with Gasteiger partial charge in [0, 0.05) is 22.8 Å². The van der Waals surface area contributed by atoms with Crippen LogP contribution in [0.3, 0.4) is 0 Å². The summed E-state index contributed by atoms with van der Waals surface area (Å²) >= 11 is 6.05. The molecule has 0 unspecified atom stereocenters. The summed E-state index contributed by atoms with van der Waals surface area (Å²) in [5.74, 6) is -0.989. The van der Waals surface area contributed by atoms with E-state index < -0.39 is 11.8 Å². The molecule has 3 aromatic rings. The molecule has 2 heterocycles. The van der Waals surface area contributed by atoms with E-state index in [2.05, 4.69) is 15.0 Å². The molecule has 8 heteroatoms. The minimum atomic E-state index is -0.561. The molecule has 3 rings (SSSR count). The molecule has 0 atom stereocenters. The zero-order valence-electron chi connectivity index (χ0n) is 12.7. The maximum atomic E-state index is 12.6. The predicted molar refractivity (Wildman–Crippen MR) is 89.1 cm³/mol. The predicted octanol–water partition coefficient (Wildman–Crippen LogP) is 2.60. The normalized spacial score (nSPS) is 10.8. The second-order valence-corrected chi connectivity index (χ2v) is 5.37. The Balaban J connectivity index is 2.19. The molecule has 0 bridgehead atoms. The number of rotatable bonds is 4. The van der Waals surface area contributed by atoms with Crippen LogP contribution in [-0.4, -0.2) is 33.3 Å². The zero-order chi connectivity index (χ0) is 17.3. The fraction of sp³-hybridized carbons (Fsp3) is 0.125. The van der Waals surface area contributed by atoms with Gasteiger partial charge in [0.2, 0.25) is 5.78 Å². The first-order chi connectivity index (χ1) is 11.5. The SMILES string of the molecule is CCOC(=O)c1cc(Cl)cc2[nH]c(C(=O)c3cnccn3)c(N)c12. The molecule has 7 nitrogen and oxygen atoms in total. The third-order valence-electron chi connectivity index (χ3n) is 3.42. The molecule has 122 valence electrons. The number of hydrogen-bond donors (Lipinski definition) is 2. The van der Waals surface area contributed by atoms with E-state index >= 15 is 0 Å². The van der Waals surface area contributed by atoms with Gasteiger partial charge in [-0.2, -0.15) is 0 Å². The second-order valence-electron chi connectivity index (χ2n) is 4.93. The molecular formula is C16H13ClN4O3. The Hall–Kier alpha value is -2.93. The minimum absolute atomic E-state index is 0.123. The highest BCUT2D eigenvalue weighted by Gasteiger charge is 2.23. The van der Waals surface area contributed by atoms with Crippen LogP contribution < -0.4 is 5.73 Å². The van der Waals surface area contributed by atoms with Gasteiger partial charge in [-0.05, 0) is 19.1 Å². The maximum absolute atomic E-state index is 12.6. The van der Waals surface area contributed by atoms with Crippen LogP contribution in [0.15, 0.2) is 30.7 Å². The monoisotopic (exact) mass is 344 g/mol. The van der Waals surface area contributed by atoms with Crippen molar-refractivity contribution < 1.29 is 14.3 Å². The lowest BCUT2D eigenvalue weighted by molar-refractivity contribution is 0.0528. The molecule has 0 fully saturated rings. The Morgan fingerprint density at radius 1 is 1.33 bits per heavy atom. The Kier molecular flexibility index (Phi) is 4.18. The van der Waals surface area contributed by atoms with Crippen LogP contribution in [0.5, 0.6) is 0 Å². The average Bonchev–Trinajstić information content (AvgIpc) is 2.91. The van der Waals surface area contributed by atoms with Crippen molar-refractivity contribution in [2.45, 2.75) is 6.92 Å². The molecule has 0 saturated carbocycles. The van der Waals surface area contributed by atoms with Gasteiger partial charge >= 0.3 is 5.97 Å². The van der Waals surface area contributed by atoms with Crippen LogP contribution in [0.2, 0.25) is 5.02 Å². The van der Waals surface area contributed by atoms with Crippen LogP contribution in [0.4, 0.5) is 5.69 Å². The van der Waals surface area contributed by atoms with Gasteiger partial charge in [-0.1, -0.05) is 11.6 Å². The lowest BCUT2D eigenvalue weighted by atomic mass is 10.1. The molecule has 0 aliphatic carbocycles. The molecule has 0 radical (unpaired) electrons. The van der Waals surface area contributed by atoms with Crippen molar-refractivity contribution in [3.8, 4) is 0 Å². The number of hydrogen-bond acceptors (Lipinski definition) is 6. The Morgan fingerprint density at radius 2 is 2.12 bits per heavy atom. The lowest BCUT2D eigenvalue weighted by Gasteiger charge is -2.05. The summed E-state index contributed by atoms with van der Waals surface area (Å²) in [6.07, 6.45) is 4.21. The second kappa shape index (κ2) is 6.29. The Bertz CT molecular complexity index is 937. The van der Waals surface area contributed by atoms with Crippen LogP contribution >= 0.6 is 11.6 Å². The Labute approximate surface area is 141 Å². The summed E-state index contributed by atoms with van der Waals surface area (Å²) < 4.78 is 5.03. The summed E-state index contributed by atoms with van der Waals surface area (Å²) in [6.45, 7) is 1.91. The number of carbonyl (C=O) groups excluding carboxylic acids is 2. The highest BCUT2D eigenvalue weighted by atomic mass is 35.5. The summed E-state index contributed by atoms with van der Waals surface area (Å²) in [5, 5.41) is 0.718. The highest BCUT2D eigenvalue weighted by Crippen LogP contribution is 2.32. The van der Waals surface area contributed by atoms with E-state index in [1.54, 1.807) is 13.0 Å². The molecule has 0 aliphatic rings. The van der Waals surface area contributed by atoms with Crippen molar-refractivity contribution in [1.29, 1.82) is 0 Å². The highest BCUT2D eigenvalue weighted by molar-refractivity contribution is 6.32. The smallest absolute Gasteiger partial charge is 0.338 e. The number of ketones is 1. The van der Waals surface area contributed by atoms with Crippen LogP contribution in [0.25, 0.3) is 10.9 Å². The third-order valence-corrected chi connectivity index (χ3v) is 3.64. The zero-order valence-corrected chi connectivity index (χ0v) is 13.4. The molecule has 24 heavy (non-hydrogen) atoms. The number of nitrogens with zero attached hydrogens (tertiary/aromatic N) is 2. The number of halogens is 1. The van der Waals surface area contributed by atoms with E-state index in [9.17, 15) is 9.59 Å². The topological polar surface area (TPSA) is 111 Å². The van der Waals surface area contributed by atoms with Gasteiger partial charge in [-0.3, -0.25) is 9.78 Å². The molecule has 0 spiro atoms. The standard InChI is InChI=1S/C16H13ClN4O3/c1-2-24-16(23)9-5-8(17)6-10-12(9)13(18)14(21-10)15(22)11-7-19-3-4-20-11/h3-7,21H,2,18H2,1H3. The van der Waals surface area contributed by atoms with E-state index in [-0.39, 0.29) is 29.2 Å². The number of aromatic nitrogens is 3. The number of aromatic amines is 1. The van der Waals surface area contributed by atoms with Crippen molar-refractivity contribution >= 4 is 39.9 Å². The number of H-pyrrole nitrogens is 1. The van der Waals surface area contributed by atoms with Crippen LogP contribution in [0.1, 0.15) is 33.5 Å². The van der Waals surface area contributed by atoms with E-state index in [4.69, 9.17) is 22.1 Å².